The number of hydrogen-bond donors (Lipinski definition) is 1. The number of nitrogens with zero attached hydrogens (tertiary/aromatic N) is 4. The molecule has 32 heavy (non-hydrogen) atoms. The number of para-hydroxylation sites is 2. The van der Waals surface area contributed by atoms with Gasteiger partial charge in [-0.1, -0.05) is 18.6 Å². The maximum atomic E-state index is 13.4. The van der Waals surface area contributed by atoms with E-state index in [1.165, 1.54) is 6.42 Å². The molecule has 0 spiro atoms. The van der Waals surface area contributed by atoms with Crippen molar-refractivity contribution in [3.63, 3.8) is 0 Å². The number of nitrogens with one attached hydrogen (secondary N) is 1. The van der Waals surface area contributed by atoms with E-state index in [4.69, 9.17) is 14.5 Å². The number of rotatable bonds is 7. The third-order valence-electron chi connectivity index (χ3n) is 5.42. The zero-order chi connectivity index (χ0) is 22.3. The Morgan fingerprint density at radius 2 is 1.94 bits per heavy atom. The van der Waals surface area contributed by atoms with Crippen molar-refractivity contribution in [3.05, 3.63) is 60.2 Å². The van der Waals surface area contributed by atoms with Crippen LogP contribution in [0.25, 0.3) is 0 Å². The maximum absolute atomic E-state index is 13.4. The number of carbonyl (C=O) groups is 1. The SMILES string of the molecule is CCOc1ccc(N(Cc2nc3n(n2)CCCCC3)C(=O)Nc2ccccc2OC)cc1. The van der Waals surface area contributed by atoms with Crippen LogP contribution in [0.5, 0.6) is 11.5 Å². The van der Waals surface area contributed by atoms with Gasteiger partial charge in [0.2, 0.25) is 0 Å². The zero-order valence-electron chi connectivity index (χ0n) is 18.6. The van der Waals surface area contributed by atoms with E-state index < -0.39 is 0 Å². The average Bonchev–Trinajstić information content (AvgIpc) is 3.07. The topological polar surface area (TPSA) is 81.5 Å². The largest absolute Gasteiger partial charge is 0.495 e. The van der Waals surface area contributed by atoms with Crippen LogP contribution in [0.2, 0.25) is 0 Å². The molecule has 0 radical (unpaired) electrons. The van der Waals surface area contributed by atoms with Crippen LogP contribution in [-0.2, 0) is 19.5 Å². The van der Waals surface area contributed by atoms with Crippen LogP contribution in [0.3, 0.4) is 0 Å². The standard InChI is InChI=1S/C24H29N5O3/c1-3-32-19-14-12-18(13-15-19)28(24(30)25-20-9-6-7-10-21(20)31-2)17-22-26-23-11-5-4-8-16-29(23)27-22/h6-7,9-10,12-15H,3-5,8,11,16-17H2,1-2H3,(H,25,30). The number of aromatic nitrogens is 3. The molecular formula is C24H29N5O3. The van der Waals surface area contributed by atoms with Gasteiger partial charge in [0.05, 0.1) is 25.9 Å². The summed E-state index contributed by atoms with van der Waals surface area (Å²) in [6, 6.07) is 14.5. The minimum Gasteiger partial charge on any atom is -0.495 e. The van der Waals surface area contributed by atoms with Gasteiger partial charge in [-0.15, -0.1) is 0 Å². The first kappa shape index (κ1) is 21.7. The Bertz CT molecular complexity index is 1020. The van der Waals surface area contributed by atoms with Gasteiger partial charge in [0.15, 0.2) is 5.82 Å². The molecule has 4 rings (SSSR count). The van der Waals surface area contributed by atoms with Gasteiger partial charge in [0.1, 0.15) is 17.3 Å². The lowest BCUT2D eigenvalue weighted by atomic mass is 10.2. The predicted molar refractivity (Wildman–Crippen MR) is 123 cm³/mol. The molecule has 2 heterocycles. The quantitative estimate of drug-likeness (QED) is 0.584. The first-order valence-corrected chi connectivity index (χ1v) is 11.0. The molecule has 0 saturated heterocycles. The van der Waals surface area contributed by atoms with E-state index in [2.05, 4.69) is 10.4 Å². The number of fused-ring (bicyclic) bond motifs is 1. The number of hydrogen-bond acceptors (Lipinski definition) is 5. The van der Waals surface area contributed by atoms with Gasteiger partial charge in [0, 0.05) is 18.7 Å². The minimum absolute atomic E-state index is 0.259. The van der Waals surface area contributed by atoms with Crippen molar-refractivity contribution in [2.45, 2.75) is 45.7 Å². The first-order valence-electron chi connectivity index (χ1n) is 11.0. The molecule has 2 amide bonds. The molecule has 0 saturated carbocycles. The molecule has 1 N–H and O–H groups in total. The van der Waals surface area contributed by atoms with Gasteiger partial charge in [-0.2, -0.15) is 5.10 Å². The number of methoxy groups -OCH3 is 1. The molecule has 1 aliphatic rings. The normalized spacial score (nSPS) is 13.1. The van der Waals surface area contributed by atoms with E-state index in [1.807, 2.05) is 60.1 Å². The summed E-state index contributed by atoms with van der Waals surface area (Å²) in [6.45, 7) is 3.66. The fourth-order valence-electron chi connectivity index (χ4n) is 3.82. The molecule has 0 fully saturated rings. The molecule has 1 aromatic heterocycles. The van der Waals surface area contributed by atoms with Crippen molar-refractivity contribution in [3.8, 4) is 11.5 Å². The number of carbonyl (C=O) groups excluding carboxylic acids is 1. The van der Waals surface area contributed by atoms with E-state index in [-0.39, 0.29) is 12.6 Å². The lowest BCUT2D eigenvalue weighted by Crippen LogP contribution is -2.35. The predicted octanol–water partition coefficient (Wildman–Crippen LogP) is 4.65. The van der Waals surface area contributed by atoms with Crippen molar-refractivity contribution in [2.75, 3.05) is 23.9 Å². The third-order valence-corrected chi connectivity index (χ3v) is 5.42. The summed E-state index contributed by atoms with van der Waals surface area (Å²) in [6.07, 6.45) is 4.34. The van der Waals surface area contributed by atoms with Gasteiger partial charge in [-0.25, -0.2) is 14.5 Å². The number of amides is 2. The van der Waals surface area contributed by atoms with Crippen LogP contribution >= 0.6 is 0 Å². The monoisotopic (exact) mass is 435 g/mol. The summed E-state index contributed by atoms with van der Waals surface area (Å²) >= 11 is 0. The van der Waals surface area contributed by atoms with Crippen molar-refractivity contribution in [2.24, 2.45) is 0 Å². The summed E-state index contributed by atoms with van der Waals surface area (Å²) in [5, 5.41) is 7.64. The van der Waals surface area contributed by atoms with E-state index in [0.29, 0.717) is 23.9 Å². The Labute approximate surface area is 188 Å². The van der Waals surface area contributed by atoms with E-state index >= 15 is 0 Å². The summed E-state index contributed by atoms with van der Waals surface area (Å²) < 4.78 is 12.9. The smallest absolute Gasteiger partial charge is 0.326 e. The lowest BCUT2D eigenvalue weighted by Gasteiger charge is -2.23. The number of anilines is 2. The van der Waals surface area contributed by atoms with Gasteiger partial charge < -0.3 is 14.8 Å². The highest BCUT2D eigenvalue weighted by Gasteiger charge is 2.22. The fourth-order valence-corrected chi connectivity index (χ4v) is 3.82. The highest BCUT2D eigenvalue weighted by atomic mass is 16.5. The summed E-state index contributed by atoms with van der Waals surface area (Å²) in [5.41, 5.74) is 1.33. The van der Waals surface area contributed by atoms with Gasteiger partial charge >= 0.3 is 6.03 Å². The Hall–Kier alpha value is -3.55. The third kappa shape index (κ3) is 5.01. The Morgan fingerprint density at radius 3 is 2.72 bits per heavy atom. The van der Waals surface area contributed by atoms with Crippen LogP contribution in [0.1, 0.15) is 37.8 Å². The van der Waals surface area contributed by atoms with Crippen LogP contribution in [0.4, 0.5) is 16.2 Å². The zero-order valence-corrected chi connectivity index (χ0v) is 18.6. The van der Waals surface area contributed by atoms with Crippen LogP contribution in [0.15, 0.2) is 48.5 Å². The molecule has 0 atom stereocenters. The number of aryl methyl sites for hydroxylation is 2. The second kappa shape index (κ2) is 10.2. The molecule has 168 valence electrons. The molecule has 0 aliphatic carbocycles. The Kier molecular flexibility index (Phi) is 6.89. The van der Waals surface area contributed by atoms with Crippen molar-refractivity contribution < 1.29 is 14.3 Å². The van der Waals surface area contributed by atoms with Crippen molar-refractivity contribution >= 4 is 17.4 Å². The van der Waals surface area contributed by atoms with Crippen LogP contribution < -0.4 is 19.7 Å². The Balaban J connectivity index is 1.61. The second-order valence-corrected chi connectivity index (χ2v) is 7.62. The highest BCUT2D eigenvalue weighted by Crippen LogP contribution is 2.26. The highest BCUT2D eigenvalue weighted by molar-refractivity contribution is 6.02. The molecule has 0 bridgehead atoms. The summed E-state index contributed by atoms with van der Waals surface area (Å²) in [4.78, 5) is 19.7. The molecule has 0 unspecified atom stereocenters. The van der Waals surface area contributed by atoms with Gasteiger partial charge in [-0.3, -0.25) is 4.90 Å². The maximum Gasteiger partial charge on any atom is 0.326 e. The van der Waals surface area contributed by atoms with E-state index in [9.17, 15) is 4.79 Å². The molecule has 2 aromatic carbocycles. The fraction of sp³-hybridized carbons (Fsp3) is 0.375. The van der Waals surface area contributed by atoms with Gasteiger partial charge in [-0.05, 0) is 56.2 Å². The Morgan fingerprint density at radius 1 is 1.12 bits per heavy atom. The second-order valence-electron chi connectivity index (χ2n) is 7.62. The lowest BCUT2D eigenvalue weighted by molar-refractivity contribution is 0.256. The van der Waals surface area contributed by atoms with Crippen LogP contribution in [0, 0.1) is 0 Å². The first-order chi connectivity index (χ1) is 15.7. The van der Waals surface area contributed by atoms with Crippen molar-refractivity contribution in [1.82, 2.24) is 14.8 Å². The van der Waals surface area contributed by atoms with E-state index in [1.54, 1.807) is 12.0 Å². The molecule has 3 aromatic rings. The minimum atomic E-state index is -0.288. The van der Waals surface area contributed by atoms with Crippen LogP contribution in [-0.4, -0.2) is 34.5 Å². The van der Waals surface area contributed by atoms with Gasteiger partial charge in [0.25, 0.3) is 0 Å². The molecule has 8 heteroatoms. The number of urea groups is 1. The van der Waals surface area contributed by atoms with E-state index in [0.717, 1.165) is 43.1 Å². The number of ether oxygens (including phenoxy) is 2. The molecule has 1 aliphatic heterocycles. The molecule has 8 nitrogen and oxygen atoms in total. The van der Waals surface area contributed by atoms with Crippen molar-refractivity contribution in [1.29, 1.82) is 0 Å². The molecular weight excluding hydrogens is 406 g/mol. The summed E-state index contributed by atoms with van der Waals surface area (Å²) in [7, 11) is 1.58. The summed E-state index contributed by atoms with van der Waals surface area (Å²) in [5.74, 6) is 2.98. The number of benzene rings is 2. The average molecular weight is 436 g/mol.